The number of hydrogen-bond donors (Lipinski definition) is 5. The van der Waals surface area contributed by atoms with Gasteiger partial charge < -0.3 is 44.7 Å². The maximum absolute atomic E-state index is 15.5. The first-order valence-electron chi connectivity index (χ1n) is 20.1. The van der Waals surface area contributed by atoms with Crippen LogP contribution in [0.15, 0.2) is 71.8 Å². The van der Waals surface area contributed by atoms with Crippen molar-refractivity contribution < 1.29 is 68.1 Å². The predicted octanol–water partition coefficient (Wildman–Crippen LogP) is 3.25. The molecule has 3 aliphatic rings. The first kappa shape index (κ1) is 46.1. The zero-order chi connectivity index (χ0) is 44.7. The molecular weight excluding hydrogens is 778 g/mol. The van der Waals surface area contributed by atoms with Crippen molar-refractivity contribution >= 4 is 35.6 Å². The lowest BCUT2D eigenvalue weighted by atomic mass is 9.44. The molecule has 2 aromatic carbocycles. The second kappa shape index (κ2) is 17.2. The number of ether oxygens (including phenoxy) is 4. The third kappa shape index (κ3) is 7.88. The summed E-state index contributed by atoms with van der Waals surface area (Å²) in [4.78, 5) is 82.9. The first-order chi connectivity index (χ1) is 28.0. The Morgan fingerprint density at radius 1 is 0.883 bits per heavy atom. The van der Waals surface area contributed by atoms with E-state index in [1.165, 1.54) is 39.8 Å². The Hall–Kier alpha value is -4.96. The highest BCUT2D eigenvalue weighted by Crippen LogP contribution is 2.63. The molecule has 326 valence electrons. The summed E-state index contributed by atoms with van der Waals surface area (Å²) in [6.45, 7) is 12.0. The topological polar surface area (TPSA) is 232 Å². The number of esters is 4. The Labute approximate surface area is 349 Å². The summed E-state index contributed by atoms with van der Waals surface area (Å²) in [5, 5.41) is 51.2. The quantitative estimate of drug-likeness (QED) is 0.124. The minimum atomic E-state index is -2.45. The second-order valence-corrected chi connectivity index (χ2v) is 17.5. The lowest BCUT2D eigenvalue weighted by molar-refractivity contribution is -0.280. The van der Waals surface area contributed by atoms with Crippen molar-refractivity contribution in [3.05, 3.63) is 82.9 Å². The molecule has 60 heavy (non-hydrogen) atoms. The van der Waals surface area contributed by atoms with Crippen LogP contribution in [0.1, 0.15) is 95.9 Å². The lowest BCUT2D eigenvalue weighted by Crippen LogP contribution is -2.77. The molecule has 3 aliphatic carbocycles. The molecule has 0 radical (unpaired) electrons. The normalized spacial score (nSPS) is 32.0. The SMILES string of the molecule is CC(=O)OC1C(=O)C2(C)C(O)CC(C)C(CO)(OC(C)=O)C2C(OC(=O)c2ccccc2)C2(O)CC(OC(=O)C(O)C(NC(=O)c3ccccc3)C(C)C)C(C)=C1C2(C)C. The highest BCUT2D eigenvalue weighted by Gasteiger charge is 2.75. The smallest absolute Gasteiger partial charge is 0.338 e. The Balaban J connectivity index is 1.75. The molecule has 0 saturated heterocycles. The van der Waals surface area contributed by atoms with Crippen LogP contribution in [0.2, 0.25) is 0 Å². The van der Waals surface area contributed by atoms with Gasteiger partial charge in [0.05, 0.1) is 35.6 Å². The number of hydrogen-bond acceptors (Lipinski definition) is 14. The van der Waals surface area contributed by atoms with Gasteiger partial charge in [-0.2, -0.15) is 0 Å². The summed E-state index contributed by atoms with van der Waals surface area (Å²) in [5.74, 6) is -8.65. The molecule has 0 aromatic heterocycles. The minimum Gasteiger partial charge on any atom is -0.456 e. The summed E-state index contributed by atoms with van der Waals surface area (Å²) in [5.41, 5.74) is -8.01. The fraction of sp³-hybridized carbons (Fsp3) is 0.556. The van der Waals surface area contributed by atoms with Crippen LogP contribution >= 0.6 is 0 Å². The molecule has 2 fully saturated rings. The summed E-state index contributed by atoms with van der Waals surface area (Å²) in [6, 6.07) is 14.7. The van der Waals surface area contributed by atoms with E-state index in [0.717, 1.165) is 13.8 Å². The van der Waals surface area contributed by atoms with Crippen LogP contribution in [0.4, 0.5) is 0 Å². The summed E-state index contributed by atoms with van der Waals surface area (Å²) < 4.78 is 24.1. The van der Waals surface area contributed by atoms with E-state index in [0.29, 0.717) is 0 Å². The van der Waals surface area contributed by atoms with E-state index in [1.54, 1.807) is 69.3 Å². The number of carbonyl (C=O) groups is 6. The molecule has 11 unspecified atom stereocenters. The van der Waals surface area contributed by atoms with Crippen molar-refractivity contribution in [1.29, 1.82) is 0 Å². The van der Waals surface area contributed by atoms with Gasteiger partial charge >= 0.3 is 23.9 Å². The number of nitrogens with one attached hydrogen (secondary N) is 1. The monoisotopic (exact) mass is 835 g/mol. The molecule has 15 heteroatoms. The van der Waals surface area contributed by atoms with Crippen molar-refractivity contribution in [3.63, 3.8) is 0 Å². The Bertz CT molecular complexity index is 2020. The van der Waals surface area contributed by atoms with Crippen LogP contribution in [0.3, 0.4) is 0 Å². The molecule has 0 heterocycles. The van der Waals surface area contributed by atoms with Crippen molar-refractivity contribution in [2.75, 3.05) is 6.61 Å². The predicted molar refractivity (Wildman–Crippen MR) is 214 cm³/mol. The number of aliphatic hydroxyl groups excluding tert-OH is 3. The van der Waals surface area contributed by atoms with Gasteiger partial charge in [-0.15, -0.1) is 0 Å². The maximum Gasteiger partial charge on any atom is 0.338 e. The lowest BCUT2D eigenvalue weighted by Gasteiger charge is -2.64. The number of ketones is 1. The summed E-state index contributed by atoms with van der Waals surface area (Å²) >= 11 is 0. The molecule has 5 rings (SSSR count). The van der Waals surface area contributed by atoms with E-state index in [-0.39, 0.29) is 28.7 Å². The molecule has 11 atom stereocenters. The van der Waals surface area contributed by atoms with Crippen LogP contribution in [-0.4, -0.2) is 110 Å². The maximum atomic E-state index is 15.5. The zero-order valence-electron chi connectivity index (χ0n) is 35.5. The van der Waals surface area contributed by atoms with Crippen molar-refractivity contribution in [1.82, 2.24) is 5.32 Å². The van der Waals surface area contributed by atoms with Crippen LogP contribution in [0.25, 0.3) is 0 Å². The van der Waals surface area contributed by atoms with E-state index >= 15 is 4.79 Å². The molecule has 2 saturated carbocycles. The third-order valence-electron chi connectivity index (χ3n) is 13.2. The van der Waals surface area contributed by atoms with Crippen LogP contribution in [0.5, 0.6) is 0 Å². The second-order valence-electron chi connectivity index (χ2n) is 17.5. The van der Waals surface area contributed by atoms with Gasteiger partial charge in [-0.1, -0.05) is 71.0 Å². The summed E-state index contributed by atoms with van der Waals surface area (Å²) in [7, 11) is 0. The number of benzene rings is 2. The number of aliphatic hydroxyl groups is 4. The number of amides is 1. The fourth-order valence-corrected chi connectivity index (χ4v) is 9.82. The van der Waals surface area contributed by atoms with Crippen molar-refractivity contribution in [2.45, 2.75) is 123 Å². The van der Waals surface area contributed by atoms with Gasteiger partial charge in [-0.05, 0) is 61.6 Å². The molecule has 0 aliphatic heterocycles. The van der Waals surface area contributed by atoms with Crippen LogP contribution in [0, 0.1) is 28.6 Å². The molecule has 2 bridgehead atoms. The number of carbonyl (C=O) groups excluding carboxylic acids is 6. The molecule has 2 aromatic rings. The van der Waals surface area contributed by atoms with Gasteiger partial charge in [0.1, 0.15) is 23.4 Å². The van der Waals surface area contributed by atoms with Gasteiger partial charge in [0, 0.05) is 37.2 Å². The van der Waals surface area contributed by atoms with E-state index in [1.807, 2.05) is 0 Å². The van der Waals surface area contributed by atoms with E-state index in [4.69, 9.17) is 18.9 Å². The number of fused-ring (bicyclic) bond motifs is 3. The van der Waals surface area contributed by atoms with E-state index in [2.05, 4.69) is 5.32 Å². The standard InChI is InChI=1S/C45H57NO14/c1-23(2)33(46-39(53)28-16-12-10-13-17-28)34(51)41(55)58-30-21-45(56)38(59-40(54)29-18-14-11-15-19-29)36-43(9,31(50)20-24(3)44(36,22-47)60-27(6)49)37(52)35(57-26(5)48)32(25(30)4)42(45,7)8/h10-19,23-24,30-31,33-36,38,47,50-51,56H,20-22H2,1-9H3,(H,46,53). The van der Waals surface area contributed by atoms with Crippen LogP contribution in [-0.2, 0) is 38.1 Å². The van der Waals surface area contributed by atoms with Gasteiger partial charge in [0.2, 0.25) is 0 Å². The average Bonchev–Trinajstić information content (AvgIpc) is 3.19. The Morgan fingerprint density at radius 2 is 1.45 bits per heavy atom. The van der Waals surface area contributed by atoms with Gasteiger partial charge in [-0.3, -0.25) is 19.2 Å². The molecule has 15 nitrogen and oxygen atoms in total. The minimum absolute atomic E-state index is 0.0319. The summed E-state index contributed by atoms with van der Waals surface area (Å²) in [6.07, 6.45) is -9.64. The highest BCUT2D eigenvalue weighted by molar-refractivity contribution is 5.96. The van der Waals surface area contributed by atoms with Crippen molar-refractivity contribution in [2.24, 2.45) is 28.6 Å². The number of rotatable bonds is 11. The van der Waals surface area contributed by atoms with Gasteiger partial charge in [0.25, 0.3) is 5.91 Å². The van der Waals surface area contributed by atoms with E-state index < -0.39 is 125 Å². The van der Waals surface area contributed by atoms with E-state index in [9.17, 15) is 44.4 Å². The Kier molecular flexibility index (Phi) is 13.2. The Morgan fingerprint density at radius 3 is 1.97 bits per heavy atom. The molecule has 0 spiro atoms. The molecule has 1 amide bonds. The zero-order valence-corrected chi connectivity index (χ0v) is 35.5. The van der Waals surface area contributed by atoms with Crippen LogP contribution < -0.4 is 5.32 Å². The highest BCUT2D eigenvalue weighted by atomic mass is 16.6. The molecular formula is C45H57NO14. The van der Waals surface area contributed by atoms with Crippen molar-refractivity contribution in [3.8, 4) is 0 Å². The third-order valence-corrected chi connectivity index (χ3v) is 13.2. The first-order valence-corrected chi connectivity index (χ1v) is 20.1. The molecule has 5 N–H and O–H groups in total. The fourth-order valence-electron chi connectivity index (χ4n) is 9.82. The van der Waals surface area contributed by atoms with Gasteiger partial charge in [-0.25, -0.2) is 9.59 Å². The largest absolute Gasteiger partial charge is 0.456 e. The van der Waals surface area contributed by atoms with Gasteiger partial charge in [0.15, 0.2) is 18.0 Å². The average molecular weight is 836 g/mol. The number of Topliss-reactive ketones (excluding diaryl/α,β-unsaturated/α-hetero) is 1.